The summed E-state index contributed by atoms with van der Waals surface area (Å²) in [4.78, 5) is 12.0. The van der Waals surface area contributed by atoms with Gasteiger partial charge in [0, 0.05) is 5.69 Å². The van der Waals surface area contributed by atoms with Crippen molar-refractivity contribution in [3.05, 3.63) is 65.2 Å². The predicted molar refractivity (Wildman–Crippen MR) is 91.0 cm³/mol. The molecule has 0 fully saturated rings. The van der Waals surface area contributed by atoms with Crippen LogP contribution < -0.4 is 5.32 Å². The molecule has 1 amide bonds. The molecule has 120 valence electrons. The van der Waals surface area contributed by atoms with Crippen LogP contribution in [0.4, 0.5) is 5.69 Å². The summed E-state index contributed by atoms with van der Waals surface area (Å²) in [5, 5.41) is 2.70. The molecule has 0 bridgehead atoms. The van der Waals surface area contributed by atoms with E-state index in [9.17, 15) is 13.2 Å². The number of hydrogen-bond donors (Lipinski definition) is 1. The number of amides is 1. The van der Waals surface area contributed by atoms with E-state index in [2.05, 4.69) is 5.32 Å². The first-order chi connectivity index (χ1) is 11.0. The molecular weight excluding hydrogens is 310 g/mol. The normalized spacial score (nSPS) is 13.6. The van der Waals surface area contributed by atoms with Crippen LogP contribution in [0.25, 0.3) is 0 Å². The zero-order valence-corrected chi connectivity index (χ0v) is 13.6. The van der Waals surface area contributed by atoms with Crippen molar-refractivity contribution in [2.45, 2.75) is 25.0 Å². The van der Waals surface area contributed by atoms with Crippen LogP contribution in [0.5, 0.6) is 0 Å². The number of carbonyl (C=O) groups is 1. The molecule has 1 aliphatic rings. The Kier molecular flexibility index (Phi) is 4.48. The molecule has 4 nitrogen and oxygen atoms in total. The highest BCUT2D eigenvalue weighted by molar-refractivity contribution is 7.91. The van der Waals surface area contributed by atoms with Gasteiger partial charge in [0.15, 0.2) is 9.84 Å². The third-order valence-electron chi connectivity index (χ3n) is 3.96. The third kappa shape index (κ3) is 4.20. The number of fused-ring (bicyclic) bond motifs is 1. The second-order valence-corrected chi connectivity index (χ2v) is 7.97. The summed E-state index contributed by atoms with van der Waals surface area (Å²) in [7, 11) is -3.48. The highest BCUT2D eigenvalue weighted by Crippen LogP contribution is 2.24. The Morgan fingerprint density at radius 3 is 2.52 bits per heavy atom. The quantitative estimate of drug-likeness (QED) is 0.917. The maximum atomic E-state index is 12.1. The van der Waals surface area contributed by atoms with E-state index in [0.29, 0.717) is 11.3 Å². The van der Waals surface area contributed by atoms with Crippen LogP contribution in [0.1, 0.15) is 23.1 Å². The van der Waals surface area contributed by atoms with Crippen molar-refractivity contribution in [1.82, 2.24) is 0 Å². The Balaban J connectivity index is 1.62. The summed E-state index contributed by atoms with van der Waals surface area (Å²) in [6.07, 6.45) is 3.23. The molecule has 5 heteroatoms. The summed E-state index contributed by atoms with van der Waals surface area (Å²) >= 11 is 0. The van der Waals surface area contributed by atoms with Crippen LogP contribution in [0.3, 0.4) is 0 Å². The molecule has 0 aromatic heterocycles. The van der Waals surface area contributed by atoms with E-state index in [0.717, 1.165) is 19.3 Å². The van der Waals surface area contributed by atoms with Crippen LogP contribution in [0.2, 0.25) is 0 Å². The molecule has 0 atom stereocenters. The predicted octanol–water partition coefficient (Wildman–Crippen LogP) is 2.73. The van der Waals surface area contributed by atoms with Crippen molar-refractivity contribution in [2.75, 3.05) is 11.1 Å². The van der Waals surface area contributed by atoms with Crippen molar-refractivity contribution < 1.29 is 13.2 Å². The summed E-state index contributed by atoms with van der Waals surface area (Å²) in [5.74, 6) is -1.11. The van der Waals surface area contributed by atoms with Crippen LogP contribution in [0, 0.1) is 0 Å². The molecule has 1 aliphatic carbocycles. The van der Waals surface area contributed by atoms with Crippen molar-refractivity contribution in [1.29, 1.82) is 0 Å². The first kappa shape index (κ1) is 15.7. The molecule has 2 aromatic rings. The maximum absolute atomic E-state index is 12.1. The van der Waals surface area contributed by atoms with Gasteiger partial charge in [-0.15, -0.1) is 0 Å². The lowest BCUT2D eigenvalue weighted by Gasteiger charge is -2.08. The zero-order chi connectivity index (χ0) is 16.3. The van der Waals surface area contributed by atoms with E-state index in [-0.39, 0.29) is 5.75 Å². The SMILES string of the molecule is O=C(CS(=O)(=O)Cc1ccccc1)Nc1ccc2c(c1)CCC2. The Bertz CT molecular complexity index is 813. The zero-order valence-electron chi connectivity index (χ0n) is 12.8. The van der Waals surface area contributed by atoms with Crippen LogP contribution in [-0.2, 0) is 33.2 Å². The van der Waals surface area contributed by atoms with Crippen LogP contribution >= 0.6 is 0 Å². The molecule has 0 saturated heterocycles. The van der Waals surface area contributed by atoms with Crippen molar-refractivity contribution in [3.8, 4) is 0 Å². The van der Waals surface area contributed by atoms with Gasteiger partial charge in [0.05, 0.1) is 5.75 Å². The minimum atomic E-state index is -3.48. The Morgan fingerprint density at radius 1 is 1.00 bits per heavy atom. The second-order valence-electron chi connectivity index (χ2n) is 5.90. The number of aryl methyl sites for hydroxylation is 2. The fraction of sp³-hybridized carbons (Fsp3) is 0.278. The van der Waals surface area contributed by atoms with Gasteiger partial charge in [-0.1, -0.05) is 36.4 Å². The summed E-state index contributed by atoms with van der Waals surface area (Å²) < 4.78 is 24.3. The van der Waals surface area contributed by atoms with Gasteiger partial charge in [0.25, 0.3) is 0 Å². The number of nitrogens with one attached hydrogen (secondary N) is 1. The first-order valence-corrected chi connectivity index (χ1v) is 9.50. The molecule has 0 unspecified atom stereocenters. The monoisotopic (exact) mass is 329 g/mol. The van der Waals surface area contributed by atoms with Crippen LogP contribution in [-0.4, -0.2) is 20.1 Å². The molecule has 0 radical (unpaired) electrons. The van der Waals surface area contributed by atoms with Gasteiger partial charge in [-0.05, 0) is 48.1 Å². The lowest BCUT2D eigenvalue weighted by molar-refractivity contribution is -0.113. The van der Waals surface area contributed by atoms with Gasteiger partial charge in [0.2, 0.25) is 5.91 Å². The average Bonchev–Trinajstić information content (AvgIpc) is 2.94. The topological polar surface area (TPSA) is 63.2 Å². The lowest BCUT2D eigenvalue weighted by atomic mass is 10.1. The number of rotatable bonds is 5. The van der Waals surface area contributed by atoms with Gasteiger partial charge in [-0.2, -0.15) is 0 Å². The number of benzene rings is 2. The fourth-order valence-electron chi connectivity index (χ4n) is 2.93. The second kappa shape index (κ2) is 6.54. The van der Waals surface area contributed by atoms with E-state index < -0.39 is 21.5 Å². The Labute approximate surface area is 136 Å². The van der Waals surface area contributed by atoms with Gasteiger partial charge in [-0.3, -0.25) is 4.79 Å². The van der Waals surface area contributed by atoms with E-state index in [1.54, 1.807) is 24.3 Å². The minimum absolute atomic E-state index is 0.120. The largest absolute Gasteiger partial charge is 0.325 e. The molecule has 1 N–H and O–H groups in total. The van der Waals surface area contributed by atoms with E-state index in [4.69, 9.17) is 0 Å². The van der Waals surface area contributed by atoms with E-state index >= 15 is 0 Å². The first-order valence-electron chi connectivity index (χ1n) is 7.68. The molecule has 3 rings (SSSR count). The van der Waals surface area contributed by atoms with Gasteiger partial charge < -0.3 is 5.32 Å². The minimum Gasteiger partial charge on any atom is -0.325 e. The number of anilines is 1. The number of sulfone groups is 1. The molecule has 23 heavy (non-hydrogen) atoms. The van der Waals surface area contributed by atoms with Gasteiger partial charge in [-0.25, -0.2) is 8.42 Å². The Hall–Kier alpha value is -2.14. The van der Waals surface area contributed by atoms with Crippen LogP contribution in [0.15, 0.2) is 48.5 Å². The highest BCUT2D eigenvalue weighted by atomic mass is 32.2. The molecular formula is C18H19NO3S. The van der Waals surface area contributed by atoms with Crippen molar-refractivity contribution in [3.63, 3.8) is 0 Å². The highest BCUT2D eigenvalue weighted by Gasteiger charge is 2.18. The lowest BCUT2D eigenvalue weighted by Crippen LogP contribution is -2.24. The third-order valence-corrected chi connectivity index (χ3v) is 5.44. The van der Waals surface area contributed by atoms with Gasteiger partial charge in [0.1, 0.15) is 5.75 Å². The fourth-order valence-corrected chi connectivity index (χ4v) is 4.20. The van der Waals surface area contributed by atoms with E-state index in [1.807, 2.05) is 24.3 Å². The summed E-state index contributed by atoms with van der Waals surface area (Å²) in [6.45, 7) is 0. The standard InChI is InChI=1S/C18H19NO3S/c20-18(13-23(21,22)12-14-5-2-1-3-6-14)19-17-10-9-15-7-4-8-16(15)11-17/h1-3,5-6,9-11H,4,7-8,12-13H2,(H,19,20). The number of carbonyl (C=O) groups excluding carboxylic acids is 1. The average molecular weight is 329 g/mol. The summed E-state index contributed by atoms with van der Waals surface area (Å²) in [6, 6.07) is 14.7. The molecule has 2 aromatic carbocycles. The van der Waals surface area contributed by atoms with E-state index in [1.165, 1.54) is 11.1 Å². The molecule has 0 spiro atoms. The Morgan fingerprint density at radius 2 is 1.74 bits per heavy atom. The van der Waals surface area contributed by atoms with Crippen molar-refractivity contribution in [2.24, 2.45) is 0 Å². The smallest absolute Gasteiger partial charge is 0.239 e. The molecule has 0 heterocycles. The maximum Gasteiger partial charge on any atom is 0.239 e. The molecule has 0 saturated carbocycles. The van der Waals surface area contributed by atoms with Gasteiger partial charge >= 0.3 is 0 Å². The molecule has 0 aliphatic heterocycles. The summed E-state index contributed by atoms with van der Waals surface area (Å²) in [5.41, 5.74) is 3.93. The number of hydrogen-bond acceptors (Lipinski definition) is 3. The van der Waals surface area contributed by atoms with Crippen molar-refractivity contribution >= 4 is 21.4 Å².